The Balaban J connectivity index is 1.80. The molecule has 0 aliphatic rings. The molecule has 0 unspecified atom stereocenters. The number of anilines is 1. The van der Waals surface area contributed by atoms with E-state index in [1.165, 1.54) is 6.07 Å². The molecule has 3 rings (SSSR count). The quantitative estimate of drug-likeness (QED) is 0.403. The Bertz CT molecular complexity index is 911. The van der Waals surface area contributed by atoms with Gasteiger partial charge < -0.3 is 0 Å². The van der Waals surface area contributed by atoms with E-state index >= 15 is 0 Å². The maximum Gasteiger partial charge on any atom is 0.275 e. The van der Waals surface area contributed by atoms with E-state index in [-0.39, 0.29) is 12.3 Å². The number of hydrogen-bond donors (Lipinski definition) is 1. The van der Waals surface area contributed by atoms with Crippen LogP contribution in [0.5, 0.6) is 0 Å². The number of rotatable bonds is 6. The molecular formula is C17H13N3O4. The summed E-state index contributed by atoms with van der Waals surface area (Å²) < 4.78 is 0. The molecule has 7 nitrogen and oxygen atoms in total. The topological polar surface area (TPSA) is 93.8 Å². The van der Waals surface area contributed by atoms with Gasteiger partial charge in [-0.05, 0) is 23.4 Å². The molecule has 0 saturated heterocycles. The van der Waals surface area contributed by atoms with Crippen LogP contribution in [0.25, 0.3) is 10.8 Å². The highest BCUT2D eigenvalue weighted by Crippen LogP contribution is 2.31. The molecule has 1 N–H and O–H groups in total. The van der Waals surface area contributed by atoms with E-state index in [4.69, 9.17) is 4.84 Å². The Hall–Kier alpha value is -3.32. The highest BCUT2D eigenvalue weighted by atomic mass is 16.6. The van der Waals surface area contributed by atoms with Gasteiger partial charge in [0.25, 0.3) is 5.69 Å². The predicted molar refractivity (Wildman–Crippen MR) is 90.9 cm³/mol. The number of nitrogens with zero attached hydrogens (tertiary/aromatic N) is 2. The van der Waals surface area contributed by atoms with Crippen LogP contribution < -0.4 is 5.48 Å². The van der Waals surface area contributed by atoms with E-state index in [2.05, 4.69) is 10.7 Å². The van der Waals surface area contributed by atoms with Crippen LogP contribution in [-0.2, 0) is 11.4 Å². The van der Waals surface area contributed by atoms with Crippen LogP contribution in [0.2, 0.25) is 0 Å². The molecule has 0 aliphatic heterocycles. The van der Waals surface area contributed by atoms with E-state index in [9.17, 15) is 15.0 Å². The molecule has 0 saturated carbocycles. The molecule has 0 aliphatic carbocycles. The Morgan fingerprint density at radius 3 is 2.46 bits per heavy atom. The summed E-state index contributed by atoms with van der Waals surface area (Å²) >= 11 is 0. The van der Waals surface area contributed by atoms with Crippen molar-refractivity contribution in [1.29, 1.82) is 0 Å². The Morgan fingerprint density at radius 2 is 1.71 bits per heavy atom. The molecule has 0 radical (unpaired) electrons. The van der Waals surface area contributed by atoms with Gasteiger partial charge in [-0.25, -0.2) is 0 Å². The van der Waals surface area contributed by atoms with Crippen LogP contribution in [0.15, 0.2) is 65.8 Å². The number of fused-ring (bicyclic) bond motifs is 1. The molecule has 0 aromatic heterocycles. The zero-order valence-electron chi connectivity index (χ0n) is 12.5. The van der Waals surface area contributed by atoms with Crippen LogP contribution in [-0.4, -0.2) is 4.92 Å². The zero-order chi connectivity index (χ0) is 16.9. The van der Waals surface area contributed by atoms with Gasteiger partial charge in [0.05, 0.1) is 16.2 Å². The van der Waals surface area contributed by atoms with Gasteiger partial charge in [0.15, 0.2) is 0 Å². The number of benzene rings is 3. The zero-order valence-corrected chi connectivity index (χ0v) is 12.5. The molecule has 0 bridgehead atoms. The summed E-state index contributed by atoms with van der Waals surface area (Å²) in [6, 6.07) is 16.9. The van der Waals surface area contributed by atoms with Crippen LogP contribution >= 0.6 is 0 Å². The number of nitro groups is 1. The van der Waals surface area contributed by atoms with Crippen molar-refractivity contribution >= 4 is 27.8 Å². The summed E-state index contributed by atoms with van der Waals surface area (Å²) in [4.78, 5) is 26.8. The summed E-state index contributed by atoms with van der Waals surface area (Å²) in [5.74, 6) is 0. The van der Waals surface area contributed by atoms with Gasteiger partial charge >= 0.3 is 0 Å². The highest BCUT2D eigenvalue weighted by Gasteiger charge is 2.12. The number of nitrogens with one attached hydrogen (secondary N) is 1. The normalized spacial score (nSPS) is 10.5. The molecular weight excluding hydrogens is 310 g/mol. The van der Waals surface area contributed by atoms with E-state index in [1.54, 1.807) is 36.4 Å². The van der Waals surface area contributed by atoms with Gasteiger partial charge in [0.1, 0.15) is 12.3 Å². The third-order valence-electron chi connectivity index (χ3n) is 3.60. The fourth-order valence-electron chi connectivity index (χ4n) is 2.45. The molecule has 0 fully saturated rings. The fraction of sp³-hybridized carbons (Fsp3) is 0.0588. The smallest absolute Gasteiger partial charge is 0.271 e. The van der Waals surface area contributed by atoms with Crippen molar-refractivity contribution in [3.05, 3.63) is 81.2 Å². The number of hydrogen-bond acceptors (Lipinski definition) is 6. The highest BCUT2D eigenvalue weighted by molar-refractivity contribution is 6.00. The van der Waals surface area contributed by atoms with Gasteiger partial charge in [-0.15, -0.1) is 4.91 Å². The van der Waals surface area contributed by atoms with Crippen molar-refractivity contribution in [2.45, 2.75) is 6.61 Å². The van der Waals surface area contributed by atoms with Crippen LogP contribution in [0, 0.1) is 15.0 Å². The van der Waals surface area contributed by atoms with E-state index in [1.807, 2.05) is 18.2 Å². The van der Waals surface area contributed by atoms with Gasteiger partial charge in [-0.1, -0.05) is 36.4 Å². The minimum atomic E-state index is -0.446. The van der Waals surface area contributed by atoms with E-state index in [0.29, 0.717) is 22.3 Å². The summed E-state index contributed by atoms with van der Waals surface area (Å²) in [5.41, 5.74) is 4.25. The van der Waals surface area contributed by atoms with Gasteiger partial charge in [-0.2, -0.15) is 0 Å². The maximum atomic E-state index is 11.0. The molecule has 0 amide bonds. The van der Waals surface area contributed by atoms with Crippen molar-refractivity contribution in [3.63, 3.8) is 0 Å². The van der Waals surface area contributed by atoms with Crippen LogP contribution in [0.4, 0.5) is 17.1 Å². The fourth-order valence-corrected chi connectivity index (χ4v) is 2.45. The Labute approximate surface area is 137 Å². The third-order valence-corrected chi connectivity index (χ3v) is 3.60. The molecule has 0 spiro atoms. The molecule has 24 heavy (non-hydrogen) atoms. The van der Waals surface area contributed by atoms with E-state index < -0.39 is 4.92 Å². The number of para-hydroxylation sites is 1. The first-order valence-corrected chi connectivity index (χ1v) is 7.16. The SMILES string of the molecule is O=Nc1ccc(NOCc2ccccc2[N+](=O)[O-])c2ccccc12. The summed E-state index contributed by atoms with van der Waals surface area (Å²) in [7, 11) is 0. The first-order chi connectivity index (χ1) is 11.7. The third kappa shape index (κ3) is 3.06. The van der Waals surface area contributed by atoms with E-state index in [0.717, 1.165) is 5.39 Å². The second kappa shape index (κ2) is 6.84. The van der Waals surface area contributed by atoms with Crippen LogP contribution in [0.3, 0.4) is 0 Å². The monoisotopic (exact) mass is 323 g/mol. The van der Waals surface area contributed by atoms with Gasteiger partial charge in [0, 0.05) is 16.8 Å². The molecule has 3 aromatic rings. The first kappa shape index (κ1) is 15.6. The second-order valence-corrected chi connectivity index (χ2v) is 5.05. The molecule has 0 atom stereocenters. The standard InChI is InChI=1S/C17H13N3O4/c21-18-15-9-10-16(14-7-3-2-6-13(14)15)19-24-11-12-5-1-4-8-17(12)20(22)23/h1-10,19H,11H2. The second-order valence-electron chi connectivity index (χ2n) is 5.05. The van der Waals surface area contributed by atoms with Crippen molar-refractivity contribution in [3.8, 4) is 0 Å². The lowest BCUT2D eigenvalue weighted by molar-refractivity contribution is -0.385. The van der Waals surface area contributed by atoms with Crippen molar-refractivity contribution in [2.24, 2.45) is 5.18 Å². The summed E-state index contributed by atoms with van der Waals surface area (Å²) in [5, 5.41) is 15.5. The van der Waals surface area contributed by atoms with Gasteiger partial charge in [-0.3, -0.25) is 20.4 Å². The Morgan fingerprint density at radius 1 is 1.00 bits per heavy atom. The minimum absolute atomic E-state index is 0.00432. The lowest BCUT2D eigenvalue weighted by Gasteiger charge is -2.11. The molecule has 0 heterocycles. The summed E-state index contributed by atoms with van der Waals surface area (Å²) in [6.07, 6.45) is 0. The average molecular weight is 323 g/mol. The Kier molecular flexibility index (Phi) is 4.44. The van der Waals surface area contributed by atoms with Crippen molar-refractivity contribution < 1.29 is 9.76 Å². The average Bonchev–Trinajstić information content (AvgIpc) is 2.62. The minimum Gasteiger partial charge on any atom is -0.271 e. The van der Waals surface area contributed by atoms with Gasteiger partial charge in [0.2, 0.25) is 0 Å². The lowest BCUT2D eigenvalue weighted by atomic mass is 10.1. The number of nitro benzene ring substituents is 1. The largest absolute Gasteiger partial charge is 0.275 e. The van der Waals surface area contributed by atoms with Crippen LogP contribution in [0.1, 0.15) is 5.56 Å². The maximum absolute atomic E-state index is 11.0. The molecule has 7 heteroatoms. The van der Waals surface area contributed by atoms with Crippen molar-refractivity contribution in [2.75, 3.05) is 5.48 Å². The number of nitroso groups, excluding NO2 is 1. The molecule has 120 valence electrons. The molecule has 3 aromatic carbocycles. The lowest BCUT2D eigenvalue weighted by Crippen LogP contribution is -2.04. The summed E-state index contributed by atoms with van der Waals surface area (Å²) in [6.45, 7) is 0.0269. The van der Waals surface area contributed by atoms with Crippen molar-refractivity contribution in [1.82, 2.24) is 0 Å². The predicted octanol–water partition coefficient (Wildman–Crippen LogP) is 4.69. The first-order valence-electron chi connectivity index (χ1n) is 7.16.